The lowest BCUT2D eigenvalue weighted by Gasteiger charge is -2.58. The van der Waals surface area contributed by atoms with Crippen LogP contribution >= 0.6 is 0 Å². The molecule has 2 N–H and O–H groups in total. The molecule has 4 fully saturated rings. The second-order valence-electron chi connectivity index (χ2n) is 11.3. The molecule has 2 aliphatic heterocycles. The number of aliphatic hydroxyl groups is 1. The Morgan fingerprint density at radius 3 is 2.56 bits per heavy atom. The van der Waals surface area contributed by atoms with Crippen LogP contribution in [0.2, 0.25) is 0 Å². The van der Waals surface area contributed by atoms with Crippen molar-refractivity contribution in [3.05, 3.63) is 29.8 Å². The Balaban J connectivity index is 1.35. The van der Waals surface area contributed by atoms with Crippen LogP contribution in [-0.4, -0.2) is 72.3 Å². The van der Waals surface area contributed by atoms with E-state index >= 15 is 0 Å². The number of piperidine rings is 2. The second kappa shape index (κ2) is 9.89. The summed E-state index contributed by atoms with van der Waals surface area (Å²) >= 11 is 0. The summed E-state index contributed by atoms with van der Waals surface area (Å²) in [5.41, 5.74) is -0.152. The van der Waals surface area contributed by atoms with Gasteiger partial charge < -0.3 is 25.0 Å². The largest absolute Gasteiger partial charge is 0.394 e. The number of anilines is 1. The fraction of sp³-hybridized carbons (Fsp3) is 0.704. The molecule has 2 saturated heterocycles. The molecule has 2 heterocycles. The van der Waals surface area contributed by atoms with E-state index in [-0.39, 0.29) is 41.7 Å². The van der Waals surface area contributed by atoms with Gasteiger partial charge >= 0.3 is 6.03 Å². The molecule has 4 aliphatic rings. The summed E-state index contributed by atoms with van der Waals surface area (Å²) in [4.78, 5) is 29.2. The van der Waals surface area contributed by atoms with E-state index in [1.807, 2.05) is 4.90 Å². The summed E-state index contributed by atoms with van der Waals surface area (Å²) in [5.74, 6) is 0.200. The number of ether oxygens (including phenoxy) is 1. The Bertz CT molecular complexity index is 999. The van der Waals surface area contributed by atoms with E-state index in [2.05, 4.69) is 5.32 Å². The Morgan fingerprint density at radius 1 is 1.17 bits per heavy atom. The minimum absolute atomic E-state index is 0.0107. The SMILES string of the molecule is COC1CCC2C(C1)CC1C2C2(CCN(C(=O)Nc3ccc(F)cc3F)CC2)CN(C(C)=O)[C@H]1CO. The van der Waals surface area contributed by atoms with E-state index in [9.17, 15) is 23.5 Å². The van der Waals surface area contributed by atoms with Crippen molar-refractivity contribution in [1.82, 2.24) is 9.80 Å². The number of likely N-dealkylation sites (tertiary alicyclic amines) is 2. The Kier molecular flexibility index (Phi) is 6.98. The van der Waals surface area contributed by atoms with Crippen LogP contribution in [0.3, 0.4) is 0 Å². The molecule has 1 aromatic carbocycles. The van der Waals surface area contributed by atoms with Crippen LogP contribution in [0.4, 0.5) is 19.3 Å². The molecule has 3 amide bonds. The molecule has 0 bridgehead atoms. The molecular formula is C27H37F2N3O4. The van der Waals surface area contributed by atoms with Crippen LogP contribution in [0, 0.1) is 40.7 Å². The maximum Gasteiger partial charge on any atom is 0.321 e. The van der Waals surface area contributed by atoms with Gasteiger partial charge in [-0.2, -0.15) is 0 Å². The summed E-state index contributed by atoms with van der Waals surface area (Å²) in [5, 5.41) is 12.9. The molecule has 2 saturated carbocycles. The van der Waals surface area contributed by atoms with Crippen molar-refractivity contribution in [2.45, 2.75) is 57.6 Å². The number of hydrogen-bond donors (Lipinski definition) is 2. The summed E-state index contributed by atoms with van der Waals surface area (Å²) in [6.45, 7) is 3.17. The molecule has 0 aromatic heterocycles. The number of nitrogens with zero attached hydrogens (tertiary/aromatic N) is 2. The van der Waals surface area contributed by atoms with Gasteiger partial charge in [0.15, 0.2) is 0 Å². The number of amides is 3. The van der Waals surface area contributed by atoms with Gasteiger partial charge in [-0.1, -0.05) is 0 Å². The maximum atomic E-state index is 14.1. The monoisotopic (exact) mass is 505 g/mol. The van der Waals surface area contributed by atoms with Gasteiger partial charge in [-0.05, 0) is 79.7 Å². The van der Waals surface area contributed by atoms with Crippen molar-refractivity contribution >= 4 is 17.6 Å². The molecule has 198 valence electrons. The highest BCUT2D eigenvalue weighted by Gasteiger charge is 2.61. The zero-order valence-corrected chi connectivity index (χ0v) is 21.1. The first-order chi connectivity index (χ1) is 17.3. The zero-order chi connectivity index (χ0) is 25.6. The smallest absolute Gasteiger partial charge is 0.321 e. The lowest BCUT2D eigenvalue weighted by atomic mass is 9.57. The predicted octanol–water partition coefficient (Wildman–Crippen LogP) is 3.87. The van der Waals surface area contributed by atoms with Gasteiger partial charge in [-0.3, -0.25) is 4.79 Å². The highest BCUT2D eigenvalue weighted by Crippen LogP contribution is 2.62. The Hall–Kier alpha value is -2.26. The van der Waals surface area contributed by atoms with Gasteiger partial charge in [-0.15, -0.1) is 0 Å². The summed E-state index contributed by atoms with van der Waals surface area (Å²) in [6, 6.07) is 2.55. The molecular weight excluding hydrogens is 468 g/mol. The van der Waals surface area contributed by atoms with Crippen molar-refractivity contribution in [2.75, 3.05) is 38.7 Å². The molecule has 5 rings (SSSR count). The number of fused-ring (bicyclic) bond motifs is 4. The number of carbonyl (C=O) groups excluding carboxylic acids is 2. The van der Waals surface area contributed by atoms with E-state index in [1.165, 1.54) is 6.07 Å². The van der Waals surface area contributed by atoms with Crippen molar-refractivity contribution in [3.63, 3.8) is 0 Å². The van der Waals surface area contributed by atoms with Gasteiger partial charge in [0.2, 0.25) is 5.91 Å². The molecule has 1 spiro atoms. The van der Waals surface area contributed by atoms with Gasteiger partial charge in [0.25, 0.3) is 0 Å². The maximum absolute atomic E-state index is 14.1. The van der Waals surface area contributed by atoms with E-state index in [1.54, 1.807) is 18.9 Å². The summed E-state index contributed by atoms with van der Waals surface area (Å²) in [7, 11) is 1.78. The third-order valence-corrected chi connectivity index (χ3v) is 9.72. The average molecular weight is 506 g/mol. The number of hydrogen-bond acceptors (Lipinski definition) is 4. The number of urea groups is 1. The second-order valence-corrected chi connectivity index (χ2v) is 11.3. The normalized spacial score (nSPS) is 33.2. The molecule has 2 aliphatic carbocycles. The minimum atomic E-state index is -0.803. The minimum Gasteiger partial charge on any atom is -0.394 e. The van der Waals surface area contributed by atoms with Gasteiger partial charge in [0.05, 0.1) is 24.4 Å². The topological polar surface area (TPSA) is 82.1 Å². The number of carbonyl (C=O) groups is 2. The fourth-order valence-electron chi connectivity index (χ4n) is 8.12. The van der Waals surface area contributed by atoms with Crippen LogP contribution in [0.25, 0.3) is 0 Å². The van der Waals surface area contributed by atoms with Crippen LogP contribution in [0.15, 0.2) is 18.2 Å². The number of rotatable bonds is 3. The highest BCUT2D eigenvalue weighted by molar-refractivity contribution is 5.89. The van der Waals surface area contributed by atoms with Crippen molar-refractivity contribution in [1.29, 1.82) is 0 Å². The number of nitrogens with one attached hydrogen (secondary N) is 1. The van der Waals surface area contributed by atoms with Crippen LogP contribution in [0.5, 0.6) is 0 Å². The van der Waals surface area contributed by atoms with Gasteiger partial charge in [-0.25, -0.2) is 13.6 Å². The van der Waals surface area contributed by atoms with E-state index < -0.39 is 17.7 Å². The highest BCUT2D eigenvalue weighted by atomic mass is 19.1. The first-order valence-corrected chi connectivity index (χ1v) is 13.2. The number of benzene rings is 1. The number of methoxy groups -OCH3 is 1. The van der Waals surface area contributed by atoms with Crippen LogP contribution in [-0.2, 0) is 9.53 Å². The lowest BCUT2D eigenvalue weighted by Crippen LogP contribution is -2.63. The lowest BCUT2D eigenvalue weighted by molar-refractivity contribution is -0.151. The van der Waals surface area contributed by atoms with E-state index in [0.717, 1.165) is 50.7 Å². The average Bonchev–Trinajstić information content (AvgIpc) is 3.25. The summed E-state index contributed by atoms with van der Waals surface area (Å²) in [6.07, 6.45) is 5.95. The van der Waals surface area contributed by atoms with Gasteiger partial charge in [0, 0.05) is 39.7 Å². The van der Waals surface area contributed by atoms with Crippen molar-refractivity contribution in [2.24, 2.45) is 29.1 Å². The van der Waals surface area contributed by atoms with E-state index in [0.29, 0.717) is 37.4 Å². The number of aliphatic hydroxyl groups excluding tert-OH is 1. The Morgan fingerprint density at radius 2 is 1.92 bits per heavy atom. The molecule has 36 heavy (non-hydrogen) atoms. The molecule has 7 nitrogen and oxygen atoms in total. The Labute approximate surface area is 211 Å². The molecule has 6 atom stereocenters. The first kappa shape index (κ1) is 25.4. The standard InChI is InChI=1S/C27H37F2N3O4/c1-16(34)32-15-27(25-20-5-4-19(36-2)11-17(20)12-21(25)24(32)14-33)7-9-31(10-8-27)26(35)30-23-6-3-18(28)13-22(23)29/h3,6,13,17,19-21,24-25,33H,4-5,7-12,14-15H2,1-2H3,(H,30,35)/t17?,19?,20?,21?,24-,25?/m0/s1. The third kappa shape index (κ3) is 4.38. The first-order valence-electron chi connectivity index (χ1n) is 13.2. The zero-order valence-electron chi connectivity index (χ0n) is 21.1. The van der Waals surface area contributed by atoms with Crippen LogP contribution in [0.1, 0.15) is 45.4 Å². The molecule has 0 radical (unpaired) electrons. The summed E-state index contributed by atoms with van der Waals surface area (Å²) < 4.78 is 33.0. The molecule has 5 unspecified atom stereocenters. The van der Waals surface area contributed by atoms with Gasteiger partial charge in [0.1, 0.15) is 11.6 Å². The van der Waals surface area contributed by atoms with Crippen molar-refractivity contribution in [3.8, 4) is 0 Å². The predicted molar refractivity (Wildman–Crippen MR) is 130 cm³/mol. The quantitative estimate of drug-likeness (QED) is 0.654. The third-order valence-electron chi connectivity index (χ3n) is 9.72. The fourth-order valence-corrected chi connectivity index (χ4v) is 8.12. The molecule has 1 aromatic rings. The van der Waals surface area contributed by atoms with Crippen molar-refractivity contribution < 1.29 is 28.2 Å². The molecule has 9 heteroatoms. The van der Waals surface area contributed by atoms with E-state index in [4.69, 9.17) is 4.74 Å². The van der Waals surface area contributed by atoms with Crippen LogP contribution < -0.4 is 5.32 Å². The number of halogens is 2.